The monoisotopic (exact) mass is 276 g/mol. The van der Waals surface area contributed by atoms with Crippen LogP contribution in [-0.2, 0) is 0 Å². The van der Waals surface area contributed by atoms with Crippen molar-refractivity contribution in [1.29, 1.82) is 0 Å². The summed E-state index contributed by atoms with van der Waals surface area (Å²) in [6, 6.07) is 5.69. The molecule has 0 aromatic carbocycles. The standard InChI is InChI=1S/C14H17ClN4/c1-3-13(16)10-6-12(15)14(18-7-10)19-11-5-4-9(2)17-8-11/h4-8,13H,3,16H2,1-2H3,(H,18,19)/t13-/m1/s1. The zero-order valence-electron chi connectivity index (χ0n) is 11.0. The third-order valence-electron chi connectivity index (χ3n) is 2.90. The predicted molar refractivity (Wildman–Crippen MR) is 78.7 cm³/mol. The molecular formula is C14H17ClN4. The minimum atomic E-state index is -0.0277. The first-order valence-electron chi connectivity index (χ1n) is 6.21. The maximum atomic E-state index is 6.21. The second-order valence-electron chi connectivity index (χ2n) is 4.43. The third-order valence-corrected chi connectivity index (χ3v) is 3.19. The minimum Gasteiger partial charge on any atom is -0.338 e. The maximum absolute atomic E-state index is 6.21. The van der Waals surface area contributed by atoms with E-state index in [0.717, 1.165) is 23.4 Å². The van der Waals surface area contributed by atoms with Gasteiger partial charge in [-0.25, -0.2) is 4.98 Å². The molecule has 2 aromatic rings. The lowest BCUT2D eigenvalue weighted by Crippen LogP contribution is -2.09. The second-order valence-corrected chi connectivity index (χ2v) is 4.83. The number of aromatic nitrogens is 2. The molecule has 0 amide bonds. The van der Waals surface area contributed by atoms with Gasteiger partial charge in [-0.1, -0.05) is 18.5 Å². The van der Waals surface area contributed by atoms with Gasteiger partial charge in [-0.15, -0.1) is 0 Å². The zero-order valence-corrected chi connectivity index (χ0v) is 11.8. The van der Waals surface area contributed by atoms with Gasteiger partial charge in [0.1, 0.15) is 5.82 Å². The summed E-state index contributed by atoms with van der Waals surface area (Å²) in [7, 11) is 0. The highest BCUT2D eigenvalue weighted by Gasteiger charge is 2.08. The molecule has 0 fully saturated rings. The molecule has 0 aliphatic rings. The molecule has 0 unspecified atom stereocenters. The number of hydrogen-bond donors (Lipinski definition) is 2. The summed E-state index contributed by atoms with van der Waals surface area (Å²) in [5.74, 6) is 0.611. The van der Waals surface area contributed by atoms with Gasteiger partial charge in [-0.2, -0.15) is 0 Å². The van der Waals surface area contributed by atoms with Crippen LogP contribution in [-0.4, -0.2) is 9.97 Å². The van der Waals surface area contributed by atoms with Crippen molar-refractivity contribution in [2.45, 2.75) is 26.3 Å². The van der Waals surface area contributed by atoms with Gasteiger partial charge in [-0.05, 0) is 37.1 Å². The number of aryl methyl sites for hydroxylation is 1. The van der Waals surface area contributed by atoms with Crippen LogP contribution in [0.15, 0.2) is 30.6 Å². The van der Waals surface area contributed by atoms with E-state index in [1.54, 1.807) is 12.4 Å². The summed E-state index contributed by atoms with van der Waals surface area (Å²) < 4.78 is 0. The van der Waals surface area contributed by atoms with E-state index in [2.05, 4.69) is 15.3 Å². The highest BCUT2D eigenvalue weighted by atomic mass is 35.5. The van der Waals surface area contributed by atoms with E-state index in [9.17, 15) is 0 Å². The van der Waals surface area contributed by atoms with Gasteiger partial charge in [0.05, 0.1) is 16.9 Å². The van der Waals surface area contributed by atoms with Gasteiger partial charge < -0.3 is 11.1 Å². The maximum Gasteiger partial charge on any atom is 0.149 e. The molecule has 2 rings (SSSR count). The van der Waals surface area contributed by atoms with Gasteiger partial charge >= 0.3 is 0 Å². The first-order valence-corrected chi connectivity index (χ1v) is 6.58. The molecule has 0 saturated carbocycles. The topological polar surface area (TPSA) is 63.8 Å². The molecule has 0 bridgehead atoms. The normalized spacial score (nSPS) is 12.2. The van der Waals surface area contributed by atoms with Crippen molar-refractivity contribution in [1.82, 2.24) is 9.97 Å². The molecule has 2 aromatic heterocycles. The van der Waals surface area contributed by atoms with Crippen LogP contribution >= 0.6 is 11.6 Å². The highest BCUT2D eigenvalue weighted by molar-refractivity contribution is 6.33. The summed E-state index contributed by atoms with van der Waals surface area (Å²) in [5, 5.41) is 3.69. The Morgan fingerprint density at radius 1 is 1.32 bits per heavy atom. The Morgan fingerprint density at radius 2 is 2.11 bits per heavy atom. The van der Waals surface area contributed by atoms with E-state index in [-0.39, 0.29) is 6.04 Å². The van der Waals surface area contributed by atoms with Crippen LogP contribution in [0.2, 0.25) is 5.02 Å². The van der Waals surface area contributed by atoms with Crippen molar-refractivity contribution in [2.75, 3.05) is 5.32 Å². The molecule has 1 atom stereocenters. The van der Waals surface area contributed by atoms with E-state index >= 15 is 0 Å². The Kier molecular flexibility index (Phi) is 4.35. The van der Waals surface area contributed by atoms with Gasteiger partial charge in [0.25, 0.3) is 0 Å². The molecule has 0 radical (unpaired) electrons. The van der Waals surface area contributed by atoms with E-state index < -0.39 is 0 Å². The summed E-state index contributed by atoms with van der Waals surface area (Å²) in [4.78, 5) is 8.52. The van der Waals surface area contributed by atoms with E-state index in [4.69, 9.17) is 17.3 Å². The van der Waals surface area contributed by atoms with Crippen molar-refractivity contribution in [2.24, 2.45) is 5.73 Å². The molecule has 19 heavy (non-hydrogen) atoms. The molecule has 0 aliphatic carbocycles. The minimum absolute atomic E-state index is 0.0277. The fourth-order valence-corrected chi connectivity index (χ4v) is 1.88. The van der Waals surface area contributed by atoms with Crippen molar-refractivity contribution in [3.63, 3.8) is 0 Å². The van der Waals surface area contributed by atoms with Gasteiger partial charge in [0.15, 0.2) is 0 Å². The molecule has 4 nitrogen and oxygen atoms in total. The Bertz CT molecular complexity index is 554. The molecular weight excluding hydrogens is 260 g/mol. The average molecular weight is 277 g/mol. The van der Waals surface area contributed by atoms with Crippen LogP contribution in [0, 0.1) is 6.92 Å². The summed E-state index contributed by atoms with van der Waals surface area (Å²) in [6.07, 6.45) is 4.36. The number of pyridine rings is 2. The molecule has 2 heterocycles. The molecule has 5 heteroatoms. The number of hydrogen-bond acceptors (Lipinski definition) is 4. The predicted octanol–water partition coefficient (Wildman–Crippen LogP) is 3.59. The molecule has 0 spiro atoms. The Hall–Kier alpha value is -1.65. The highest BCUT2D eigenvalue weighted by Crippen LogP contribution is 2.26. The number of anilines is 2. The Balaban J connectivity index is 2.19. The van der Waals surface area contributed by atoms with Gasteiger partial charge in [0, 0.05) is 17.9 Å². The average Bonchev–Trinajstić information content (AvgIpc) is 2.42. The largest absolute Gasteiger partial charge is 0.338 e. The zero-order chi connectivity index (χ0) is 13.8. The van der Waals surface area contributed by atoms with Crippen molar-refractivity contribution in [3.8, 4) is 0 Å². The van der Waals surface area contributed by atoms with Crippen molar-refractivity contribution >= 4 is 23.1 Å². The fourth-order valence-electron chi connectivity index (χ4n) is 1.66. The number of nitrogens with one attached hydrogen (secondary N) is 1. The van der Waals surface area contributed by atoms with E-state index in [1.807, 2.05) is 32.0 Å². The lowest BCUT2D eigenvalue weighted by Gasteiger charge is -2.12. The number of nitrogens with zero attached hydrogens (tertiary/aromatic N) is 2. The molecule has 100 valence electrons. The van der Waals surface area contributed by atoms with E-state index in [0.29, 0.717) is 10.8 Å². The van der Waals surface area contributed by atoms with Crippen LogP contribution in [0.5, 0.6) is 0 Å². The molecule has 3 N–H and O–H groups in total. The quantitative estimate of drug-likeness (QED) is 0.896. The van der Waals surface area contributed by atoms with Gasteiger partial charge in [-0.3, -0.25) is 4.98 Å². The third kappa shape index (κ3) is 3.43. The van der Waals surface area contributed by atoms with Crippen LogP contribution in [0.25, 0.3) is 0 Å². The number of rotatable bonds is 4. The lowest BCUT2D eigenvalue weighted by molar-refractivity contribution is 0.695. The fraction of sp³-hybridized carbons (Fsp3) is 0.286. The van der Waals surface area contributed by atoms with Crippen LogP contribution in [0.4, 0.5) is 11.5 Å². The van der Waals surface area contributed by atoms with Crippen molar-refractivity contribution < 1.29 is 0 Å². The number of halogens is 1. The smallest absolute Gasteiger partial charge is 0.149 e. The first kappa shape index (κ1) is 13.8. The van der Waals surface area contributed by atoms with Gasteiger partial charge in [0.2, 0.25) is 0 Å². The van der Waals surface area contributed by atoms with Crippen molar-refractivity contribution in [3.05, 3.63) is 46.9 Å². The molecule has 0 saturated heterocycles. The summed E-state index contributed by atoms with van der Waals surface area (Å²) in [6.45, 7) is 3.97. The summed E-state index contributed by atoms with van der Waals surface area (Å²) in [5.41, 5.74) is 8.72. The number of nitrogens with two attached hydrogens (primary N) is 1. The Morgan fingerprint density at radius 3 is 2.68 bits per heavy atom. The van der Waals surface area contributed by atoms with Crippen LogP contribution in [0.3, 0.4) is 0 Å². The van der Waals surface area contributed by atoms with Crippen LogP contribution in [0.1, 0.15) is 30.6 Å². The van der Waals surface area contributed by atoms with Crippen LogP contribution < -0.4 is 11.1 Å². The Labute approximate surface area is 118 Å². The van der Waals surface area contributed by atoms with E-state index in [1.165, 1.54) is 0 Å². The second kappa shape index (κ2) is 5.99. The first-order chi connectivity index (χ1) is 9.10. The SMILES string of the molecule is CC[C@@H](N)c1cnc(Nc2ccc(C)nc2)c(Cl)c1. The summed E-state index contributed by atoms with van der Waals surface area (Å²) >= 11 is 6.21. The molecule has 0 aliphatic heterocycles. The lowest BCUT2D eigenvalue weighted by atomic mass is 10.1.